The van der Waals surface area contributed by atoms with Crippen molar-refractivity contribution in [2.45, 2.75) is 26.3 Å². The third kappa shape index (κ3) is 1.80. The predicted octanol–water partition coefficient (Wildman–Crippen LogP) is 6.01. The van der Waals surface area contributed by atoms with E-state index >= 15 is 0 Å². The van der Waals surface area contributed by atoms with Crippen molar-refractivity contribution in [3.8, 4) is 0 Å². The predicted molar refractivity (Wildman–Crippen MR) is 83.4 cm³/mol. The number of rotatable bonds is 3. The summed E-state index contributed by atoms with van der Waals surface area (Å²) < 4.78 is -2.15. The van der Waals surface area contributed by atoms with Gasteiger partial charge in [-0.3, -0.25) is 0 Å². The van der Waals surface area contributed by atoms with Crippen molar-refractivity contribution in [3.63, 3.8) is 0 Å². The summed E-state index contributed by atoms with van der Waals surface area (Å²) in [5, 5.41) is 0. The maximum absolute atomic E-state index is 6.45. The van der Waals surface area contributed by atoms with Gasteiger partial charge in [0.15, 0.2) is 0 Å². The van der Waals surface area contributed by atoms with Crippen LogP contribution in [0.25, 0.3) is 0 Å². The molecule has 0 heterocycles. The smallest absolute Gasteiger partial charge is 0.126 e. The van der Waals surface area contributed by atoms with Gasteiger partial charge in [-0.25, -0.2) is 0 Å². The first-order valence-electron chi connectivity index (χ1n) is 5.27. The van der Waals surface area contributed by atoms with Crippen LogP contribution in [0.3, 0.4) is 0 Å². The van der Waals surface area contributed by atoms with Crippen molar-refractivity contribution >= 4 is 92.8 Å². The van der Waals surface area contributed by atoms with Crippen molar-refractivity contribution in [1.82, 2.24) is 0 Å². The Morgan fingerprint density at radius 1 is 1.00 bits per heavy atom. The van der Waals surface area contributed by atoms with E-state index in [1.54, 1.807) is 0 Å². The first kappa shape index (κ1) is 16.7. The highest BCUT2D eigenvalue weighted by Gasteiger charge is 2.81. The van der Waals surface area contributed by atoms with E-state index in [2.05, 4.69) is 0 Å². The SMILES string of the molecule is ClCC1(CCl)[C@H]2CC(Cl)(Cl)[C@@]1(C(Cl)Cl)CC2(Cl)Cl. The van der Waals surface area contributed by atoms with Gasteiger partial charge in [0, 0.05) is 28.5 Å². The van der Waals surface area contributed by atoms with Gasteiger partial charge in [0.25, 0.3) is 0 Å². The molecule has 8 heteroatoms. The van der Waals surface area contributed by atoms with Crippen molar-refractivity contribution in [2.75, 3.05) is 11.8 Å². The molecule has 106 valence electrons. The van der Waals surface area contributed by atoms with E-state index in [-0.39, 0.29) is 24.1 Å². The molecule has 0 aromatic carbocycles. The number of hydrogen-bond acceptors (Lipinski definition) is 0. The minimum absolute atomic E-state index is 0.208. The minimum Gasteiger partial charge on any atom is -0.126 e. The molecule has 0 amide bonds. The van der Waals surface area contributed by atoms with E-state index in [0.717, 1.165) is 0 Å². The average Bonchev–Trinajstić information content (AvgIpc) is 2.57. The van der Waals surface area contributed by atoms with Crippen LogP contribution in [0.2, 0.25) is 0 Å². The van der Waals surface area contributed by atoms with Crippen LogP contribution in [0.5, 0.6) is 0 Å². The van der Waals surface area contributed by atoms with Gasteiger partial charge < -0.3 is 0 Å². The van der Waals surface area contributed by atoms with E-state index in [1.165, 1.54) is 0 Å². The number of fused-ring (bicyclic) bond motifs is 2. The van der Waals surface area contributed by atoms with E-state index in [9.17, 15) is 0 Å². The molecule has 0 aliphatic heterocycles. The van der Waals surface area contributed by atoms with Gasteiger partial charge in [-0.2, -0.15) is 0 Å². The quantitative estimate of drug-likeness (QED) is 0.497. The zero-order valence-corrected chi connectivity index (χ0v) is 15.1. The third-order valence-corrected chi connectivity index (χ3v) is 8.02. The van der Waals surface area contributed by atoms with E-state index in [1.807, 2.05) is 0 Å². The summed E-state index contributed by atoms with van der Waals surface area (Å²) in [6.07, 6.45) is 0.649. The Labute approximate surface area is 146 Å². The van der Waals surface area contributed by atoms with Gasteiger partial charge in [-0.15, -0.1) is 92.8 Å². The summed E-state index contributed by atoms with van der Waals surface area (Å²) in [6, 6.07) is 0. The molecule has 2 rings (SSSR count). The normalized spacial score (nSPS) is 39.5. The number of alkyl halides is 8. The van der Waals surface area contributed by atoms with Crippen molar-refractivity contribution in [1.29, 1.82) is 0 Å². The van der Waals surface area contributed by atoms with E-state index < -0.39 is 24.3 Å². The molecule has 0 aromatic heterocycles. The highest BCUT2D eigenvalue weighted by molar-refractivity contribution is 6.54. The Balaban J connectivity index is 2.66. The number of hydrogen-bond donors (Lipinski definition) is 0. The Bertz CT molecular complexity index is 348. The molecule has 2 saturated carbocycles. The van der Waals surface area contributed by atoms with Crippen LogP contribution >= 0.6 is 92.8 Å². The maximum Gasteiger partial charge on any atom is 0.127 e. The molecule has 18 heavy (non-hydrogen) atoms. The largest absolute Gasteiger partial charge is 0.127 e. The molecule has 2 aliphatic carbocycles. The summed E-state index contributed by atoms with van der Waals surface area (Å²) in [5.74, 6) is 0.178. The summed E-state index contributed by atoms with van der Waals surface area (Å²) in [4.78, 5) is -0.852. The second-order valence-electron chi connectivity index (χ2n) is 5.09. The third-order valence-electron chi connectivity index (χ3n) is 4.54. The van der Waals surface area contributed by atoms with Crippen LogP contribution < -0.4 is 0 Å². The van der Waals surface area contributed by atoms with Crippen LogP contribution in [-0.4, -0.2) is 25.3 Å². The van der Waals surface area contributed by atoms with Crippen molar-refractivity contribution in [2.24, 2.45) is 16.7 Å². The summed E-state index contributed by atoms with van der Waals surface area (Å²) in [7, 11) is 0. The summed E-state index contributed by atoms with van der Waals surface area (Å²) in [5.41, 5.74) is -1.58. The highest BCUT2D eigenvalue weighted by atomic mass is 35.5. The molecule has 2 fully saturated rings. The van der Waals surface area contributed by atoms with Crippen molar-refractivity contribution < 1.29 is 0 Å². The molecule has 0 unspecified atom stereocenters. The Morgan fingerprint density at radius 3 is 1.83 bits per heavy atom. The van der Waals surface area contributed by atoms with Crippen LogP contribution in [0.1, 0.15) is 12.8 Å². The average molecular weight is 414 g/mol. The monoisotopic (exact) mass is 410 g/mol. The molecule has 0 spiro atoms. The first-order chi connectivity index (χ1) is 8.11. The fourth-order valence-corrected chi connectivity index (χ4v) is 7.93. The Kier molecular flexibility index (Phi) is 4.56. The van der Waals surface area contributed by atoms with Gasteiger partial charge >= 0.3 is 0 Å². The zero-order valence-electron chi connectivity index (χ0n) is 9.01. The molecule has 0 radical (unpaired) electrons. The molecule has 0 aromatic rings. The van der Waals surface area contributed by atoms with Gasteiger partial charge in [0.1, 0.15) is 13.5 Å². The van der Waals surface area contributed by atoms with Gasteiger partial charge in [0.05, 0.1) is 0 Å². The molecule has 0 nitrogen and oxygen atoms in total. The molecule has 2 atom stereocenters. The van der Waals surface area contributed by atoms with Gasteiger partial charge in [-0.05, 0) is 12.8 Å². The van der Waals surface area contributed by atoms with E-state index in [0.29, 0.717) is 6.42 Å². The fraction of sp³-hybridized carbons (Fsp3) is 1.00. The standard InChI is InChI=1S/C10H10Cl8/c11-3-7(4-12)5-1-10(17,18)8(7,6(13)14)2-9(5,15)16/h5-6H,1-4H2/t5-,8-/m1/s1. The maximum atomic E-state index is 6.45. The number of halogens is 8. The molecular formula is C10H10Cl8. The summed E-state index contributed by atoms with van der Waals surface area (Å²) in [6.45, 7) is 0. The lowest BCUT2D eigenvalue weighted by Crippen LogP contribution is -2.51. The van der Waals surface area contributed by atoms with Crippen LogP contribution in [0, 0.1) is 16.7 Å². The summed E-state index contributed by atoms with van der Waals surface area (Å²) >= 11 is 50.3. The van der Waals surface area contributed by atoms with E-state index in [4.69, 9.17) is 92.8 Å². The minimum atomic E-state index is -1.14. The lowest BCUT2D eigenvalue weighted by atomic mass is 9.70. The first-order valence-corrected chi connectivity index (χ1v) is 8.72. The van der Waals surface area contributed by atoms with Gasteiger partial charge in [-0.1, -0.05) is 0 Å². The molecule has 2 aliphatic rings. The van der Waals surface area contributed by atoms with Gasteiger partial charge in [0.2, 0.25) is 0 Å². The van der Waals surface area contributed by atoms with Crippen LogP contribution in [0.4, 0.5) is 0 Å². The molecule has 0 saturated heterocycles. The zero-order chi connectivity index (χ0) is 14.0. The highest BCUT2D eigenvalue weighted by Crippen LogP contribution is 2.80. The van der Waals surface area contributed by atoms with Crippen molar-refractivity contribution in [3.05, 3.63) is 0 Å². The molecular weight excluding hydrogens is 404 g/mol. The Hall–Kier alpha value is 2.32. The van der Waals surface area contributed by atoms with Crippen LogP contribution in [0.15, 0.2) is 0 Å². The van der Waals surface area contributed by atoms with Crippen LogP contribution in [-0.2, 0) is 0 Å². The second-order valence-corrected chi connectivity index (χ2v) is 9.75. The second kappa shape index (κ2) is 4.92. The topological polar surface area (TPSA) is 0 Å². The fourth-order valence-electron chi connectivity index (χ4n) is 3.58. The molecule has 2 bridgehead atoms. The lowest BCUT2D eigenvalue weighted by Gasteiger charge is -2.47. The Morgan fingerprint density at radius 2 is 1.50 bits per heavy atom. The molecule has 0 N–H and O–H groups in total. The lowest BCUT2D eigenvalue weighted by molar-refractivity contribution is 0.145.